The fraction of sp³-hybridized carbons (Fsp3) is 0.926. The highest BCUT2D eigenvalue weighted by Gasteiger charge is 2.25. The van der Waals surface area contributed by atoms with Crippen LogP contribution in [0.15, 0.2) is 0 Å². The molecule has 0 aliphatic rings. The smallest absolute Gasteiger partial charge is 0.361 e. The van der Waals surface area contributed by atoms with Gasteiger partial charge in [-0.3, -0.25) is 0 Å². The third kappa shape index (κ3) is 21.2. The Bertz CT molecular complexity index is 462. The van der Waals surface area contributed by atoms with Crippen molar-refractivity contribution in [3.8, 4) is 0 Å². The molecule has 0 fully saturated rings. The fourth-order valence-corrected chi connectivity index (χ4v) is 4.01. The van der Waals surface area contributed by atoms with Gasteiger partial charge in [0.15, 0.2) is 13.1 Å². The van der Waals surface area contributed by atoms with Gasteiger partial charge in [0.05, 0.1) is 54.5 Å². The van der Waals surface area contributed by atoms with Crippen molar-refractivity contribution < 1.29 is 28.0 Å². The lowest BCUT2D eigenvalue weighted by Crippen LogP contribution is -2.49. The molecule has 0 radical (unpaired) electrons. The van der Waals surface area contributed by atoms with Crippen LogP contribution in [0.3, 0.4) is 0 Å². The molecule has 0 saturated heterocycles. The Morgan fingerprint density at radius 1 is 0.515 bits per heavy atom. The van der Waals surface area contributed by atoms with E-state index < -0.39 is 0 Å². The average molecular weight is 473 g/mol. The van der Waals surface area contributed by atoms with Gasteiger partial charge in [0.2, 0.25) is 0 Å². The minimum absolute atomic E-state index is 0.111. The second-order valence-electron chi connectivity index (χ2n) is 11.0. The Balaban J connectivity index is 3.95. The maximum atomic E-state index is 12.2. The first-order valence-electron chi connectivity index (χ1n) is 13.6. The Morgan fingerprint density at radius 2 is 0.848 bits per heavy atom. The fourth-order valence-electron chi connectivity index (χ4n) is 4.01. The molecule has 0 aliphatic carbocycles. The number of nitrogens with zero attached hydrogens (tertiary/aromatic N) is 2. The maximum Gasteiger partial charge on any atom is 0.361 e. The summed E-state index contributed by atoms with van der Waals surface area (Å²) in [6, 6.07) is 0. The van der Waals surface area contributed by atoms with Crippen LogP contribution in [0.1, 0.15) is 97.3 Å². The molecular weight excluding hydrogens is 416 g/mol. The molecule has 0 unspecified atom stereocenters. The number of hydrogen-bond donors (Lipinski definition) is 0. The number of likely N-dealkylation sites (N-methyl/N-ethyl adjacent to an activating group) is 2. The van der Waals surface area contributed by atoms with E-state index >= 15 is 0 Å². The molecule has 0 rings (SSSR count). The van der Waals surface area contributed by atoms with E-state index in [9.17, 15) is 9.59 Å². The third-order valence-electron chi connectivity index (χ3n) is 6.16. The van der Waals surface area contributed by atoms with E-state index in [1.807, 2.05) is 0 Å². The molecule has 196 valence electrons. The lowest BCUT2D eigenvalue weighted by atomic mass is 10.1. The molecule has 0 amide bonds. The van der Waals surface area contributed by atoms with E-state index in [0.717, 1.165) is 45.2 Å². The minimum atomic E-state index is -0.111. The molecule has 0 N–H and O–H groups in total. The zero-order valence-electron chi connectivity index (χ0n) is 23.0. The van der Waals surface area contributed by atoms with Gasteiger partial charge in [-0.05, 0) is 12.8 Å². The van der Waals surface area contributed by atoms with E-state index in [1.165, 1.54) is 51.4 Å². The van der Waals surface area contributed by atoms with Gasteiger partial charge in [0, 0.05) is 6.42 Å². The Morgan fingerprint density at radius 3 is 1.21 bits per heavy atom. The first-order chi connectivity index (χ1) is 15.6. The van der Waals surface area contributed by atoms with E-state index in [4.69, 9.17) is 9.47 Å². The summed E-state index contributed by atoms with van der Waals surface area (Å²) in [7, 11) is 8.28. The van der Waals surface area contributed by atoms with Crippen molar-refractivity contribution in [3.63, 3.8) is 0 Å². The molecule has 0 bridgehead atoms. The molecule has 0 heterocycles. The predicted octanol–water partition coefficient (Wildman–Crippen LogP) is 5.34. The van der Waals surface area contributed by atoms with Gasteiger partial charge >= 0.3 is 11.9 Å². The summed E-state index contributed by atoms with van der Waals surface area (Å²) in [6.07, 6.45) is 15.2. The summed E-state index contributed by atoms with van der Waals surface area (Å²) < 4.78 is 12.1. The molecule has 0 aliphatic heterocycles. The van der Waals surface area contributed by atoms with E-state index in [0.29, 0.717) is 35.3 Å². The van der Waals surface area contributed by atoms with Gasteiger partial charge in [-0.25, -0.2) is 9.59 Å². The van der Waals surface area contributed by atoms with Crippen LogP contribution in [0, 0.1) is 0 Å². The van der Waals surface area contributed by atoms with Crippen LogP contribution < -0.4 is 0 Å². The van der Waals surface area contributed by atoms with Crippen LogP contribution in [-0.4, -0.2) is 88.5 Å². The number of carbonyl (C=O) groups excluding carboxylic acids is 2. The minimum Gasteiger partial charge on any atom is -0.462 e. The van der Waals surface area contributed by atoms with Gasteiger partial charge in [0.1, 0.15) is 0 Å². The molecule has 6 heteroatoms. The standard InChI is InChI=1S/C27H56N2O4/c1-7-9-11-13-15-17-22-32-26(30)24-28(3,4)20-19-21-29(5,6)25-27(31)33-23-18-16-14-12-10-8-2/h7-25H2,1-6H3/q+2. The number of quaternary nitrogens is 2. The number of hydrogen-bond acceptors (Lipinski definition) is 4. The highest BCUT2D eigenvalue weighted by Crippen LogP contribution is 2.08. The van der Waals surface area contributed by atoms with E-state index in [2.05, 4.69) is 42.0 Å². The van der Waals surface area contributed by atoms with Crippen molar-refractivity contribution in [2.45, 2.75) is 97.3 Å². The summed E-state index contributed by atoms with van der Waals surface area (Å²) in [5.74, 6) is -0.221. The molecule has 0 spiro atoms. The lowest BCUT2D eigenvalue weighted by molar-refractivity contribution is -0.902. The topological polar surface area (TPSA) is 52.6 Å². The summed E-state index contributed by atoms with van der Waals surface area (Å²) in [5, 5.41) is 0. The monoisotopic (exact) mass is 472 g/mol. The third-order valence-corrected chi connectivity index (χ3v) is 6.16. The Hall–Kier alpha value is -1.14. The van der Waals surface area contributed by atoms with Crippen molar-refractivity contribution in [1.29, 1.82) is 0 Å². The first kappa shape index (κ1) is 31.9. The number of rotatable bonds is 22. The van der Waals surface area contributed by atoms with Gasteiger partial charge in [0.25, 0.3) is 0 Å². The van der Waals surface area contributed by atoms with Gasteiger partial charge in [-0.2, -0.15) is 0 Å². The van der Waals surface area contributed by atoms with Crippen LogP contribution in [0.25, 0.3) is 0 Å². The average Bonchev–Trinajstić information content (AvgIpc) is 2.71. The van der Waals surface area contributed by atoms with Gasteiger partial charge in [-0.15, -0.1) is 0 Å². The largest absolute Gasteiger partial charge is 0.462 e. The van der Waals surface area contributed by atoms with Crippen LogP contribution in [0.4, 0.5) is 0 Å². The second-order valence-corrected chi connectivity index (χ2v) is 11.0. The molecule has 0 atom stereocenters. The molecule has 6 nitrogen and oxygen atoms in total. The summed E-state index contributed by atoms with van der Waals surface area (Å²) in [6.45, 7) is 8.04. The zero-order valence-corrected chi connectivity index (χ0v) is 23.0. The molecule has 0 saturated carbocycles. The zero-order chi connectivity index (χ0) is 25.0. The van der Waals surface area contributed by atoms with Crippen LogP contribution in [-0.2, 0) is 19.1 Å². The Labute approximate surface area is 205 Å². The maximum absolute atomic E-state index is 12.2. The summed E-state index contributed by atoms with van der Waals surface area (Å²) in [4.78, 5) is 24.4. The summed E-state index contributed by atoms with van der Waals surface area (Å²) in [5.41, 5.74) is 0. The normalized spacial score (nSPS) is 12.1. The van der Waals surface area contributed by atoms with Crippen molar-refractivity contribution in [3.05, 3.63) is 0 Å². The molecule has 0 aromatic carbocycles. The number of ether oxygens (including phenoxy) is 2. The van der Waals surface area contributed by atoms with Gasteiger partial charge in [-0.1, -0.05) is 78.1 Å². The highest BCUT2D eigenvalue weighted by atomic mass is 16.5. The molecule has 0 aromatic rings. The van der Waals surface area contributed by atoms with Crippen LogP contribution in [0.2, 0.25) is 0 Å². The van der Waals surface area contributed by atoms with Gasteiger partial charge < -0.3 is 18.4 Å². The predicted molar refractivity (Wildman–Crippen MR) is 137 cm³/mol. The Kier molecular flexibility index (Phi) is 18.5. The van der Waals surface area contributed by atoms with Crippen molar-refractivity contribution in [2.24, 2.45) is 0 Å². The second kappa shape index (κ2) is 19.2. The van der Waals surface area contributed by atoms with Crippen molar-refractivity contribution in [2.75, 3.05) is 67.6 Å². The SMILES string of the molecule is CCCCCCCCOC(=O)C[N+](C)(C)CCC[N+](C)(C)CC(=O)OCCCCCCCC. The number of unbranched alkanes of at least 4 members (excludes halogenated alkanes) is 10. The van der Waals surface area contributed by atoms with Crippen LogP contribution in [0.5, 0.6) is 0 Å². The quantitative estimate of drug-likeness (QED) is 0.121. The van der Waals surface area contributed by atoms with Crippen molar-refractivity contribution in [1.82, 2.24) is 0 Å². The summed E-state index contributed by atoms with van der Waals surface area (Å²) >= 11 is 0. The van der Waals surface area contributed by atoms with E-state index in [1.54, 1.807) is 0 Å². The lowest BCUT2D eigenvalue weighted by Gasteiger charge is -2.32. The molecule has 0 aromatic heterocycles. The first-order valence-corrected chi connectivity index (χ1v) is 13.6. The van der Waals surface area contributed by atoms with E-state index in [-0.39, 0.29) is 11.9 Å². The van der Waals surface area contributed by atoms with Crippen molar-refractivity contribution >= 4 is 11.9 Å². The van der Waals surface area contributed by atoms with Crippen LogP contribution >= 0.6 is 0 Å². The highest BCUT2D eigenvalue weighted by molar-refractivity contribution is 5.70. The number of carbonyl (C=O) groups is 2. The molecule has 33 heavy (non-hydrogen) atoms. The number of esters is 2. The molecular formula is C27H56N2O4+2.